The molecule has 0 aliphatic heterocycles. The molecule has 0 saturated carbocycles. The maximum atomic E-state index is 11.1. The number of aromatic amines is 1. The topological polar surface area (TPSA) is 81.0 Å². The van der Waals surface area contributed by atoms with E-state index in [4.69, 9.17) is 10.5 Å². The number of anilines is 1. The average molecular weight is 231 g/mol. The van der Waals surface area contributed by atoms with E-state index in [1.54, 1.807) is 6.07 Å². The van der Waals surface area contributed by atoms with Gasteiger partial charge in [-0.25, -0.2) is 4.98 Å². The summed E-state index contributed by atoms with van der Waals surface area (Å²) in [6.45, 7) is 2.05. The molecule has 0 bridgehead atoms. The van der Waals surface area contributed by atoms with Gasteiger partial charge < -0.3 is 15.5 Å². The molecule has 0 spiro atoms. The van der Waals surface area contributed by atoms with Crippen LogP contribution in [0.5, 0.6) is 11.6 Å². The smallest absolute Gasteiger partial charge is 0.254 e. The molecule has 0 radical (unpaired) electrons. The van der Waals surface area contributed by atoms with Gasteiger partial charge >= 0.3 is 0 Å². The van der Waals surface area contributed by atoms with Crippen LogP contribution in [0.4, 0.5) is 5.69 Å². The fraction of sp³-hybridized carbons (Fsp3) is 0.167. The highest BCUT2D eigenvalue weighted by Gasteiger charge is 2.04. The lowest BCUT2D eigenvalue weighted by atomic mass is 10.1. The summed E-state index contributed by atoms with van der Waals surface area (Å²) in [5.41, 5.74) is 7.25. The van der Waals surface area contributed by atoms with Crippen LogP contribution < -0.4 is 16.0 Å². The number of nitrogens with two attached hydrogens (primary N) is 1. The average Bonchev–Trinajstić information content (AvgIpc) is 2.32. The summed E-state index contributed by atoms with van der Waals surface area (Å²) in [7, 11) is 0. The van der Waals surface area contributed by atoms with Gasteiger partial charge in [0.25, 0.3) is 5.56 Å². The lowest BCUT2D eigenvalue weighted by molar-refractivity contribution is 0.462. The maximum absolute atomic E-state index is 11.1. The third-order valence-corrected chi connectivity index (χ3v) is 2.35. The van der Waals surface area contributed by atoms with Crippen molar-refractivity contribution in [3.05, 3.63) is 46.5 Å². The summed E-state index contributed by atoms with van der Waals surface area (Å²) in [6.07, 6.45) is 2.20. The highest BCUT2D eigenvalue weighted by atomic mass is 16.5. The number of nitrogens with zero attached hydrogens (tertiary/aromatic N) is 1. The highest BCUT2D eigenvalue weighted by Crippen LogP contribution is 2.26. The van der Waals surface area contributed by atoms with Gasteiger partial charge in [-0.1, -0.05) is 13.0 Å². The van der Waals surface area contributed by atoms with E-state index in [0.717, 1.165) is 12.0 Å². The molecular formula is C12H13N3O2. The number of ether oxygens (including phenoxy) is 1. The van der Waals surface area contributed by atoms with Crippen LogP contribution in [0.15, 0.2) is 35.4 Å². The number of hydrogen-bond acceptors (Lipinski definition) is 4. The van der Waals surface area contributed by atoms with E-state index in [-0.39, 0.29) is 11.4 Å². The third-order valence-electron chi connectivity index (χ3n) is 2.35. The number of aryl methyl sites for hydroxylation is 1. The lowest BCUT2D eigenvalue weighted by Crippen LogP contribution is -2.05. The SMILES string of the molecule is CCc1ccc(Oc2cc(=O)[nH]cn2)c(N)c1. The van der Waals surface area contributed by atoms with E-state index in [9.17, 15) is 4.79 Å². The molecule has 2 aromatic rings. The second-order valence-corrected chi connectivity index (χ2v) is 3.58. The highest BCUT2D eigenvalue weighted by molar-refractivity contribution is 5.55. The first kappa shape index (κ1) is 11.2. The van der Waals surface area contributed by atoms with Crippen molar-refractivity contribution in [2.45, 2.75) is 13.3 Å². The first-order valence-corrected chi connectivity index (χ1v) is 5.30. The molecule has 88 valence electrons. The van der Waals surface area contributed by atoms with Crippen molar-refractivity contribution in [3.8, 4) is 11.6 Å². The number of H-pyrrole nitrogens is 1. The Labute approximate surface area is 98.3 Å². The van der Waals surface area contributed by atoms with Gasteiger partial charge in [0.15, 0.2) is 5.75 Å². The number of hydrogen-bond donors (Lipinski definition) is 2. The first-order chi connectivity index (χ1) is 8.19. The molecule has 0 saturated heterocycles. The summed E-state index contributed by atoms with van der Waals surface area (Å²) < 4.78 is 5.43. The second-order valence-electron chi connectivity index (χ2n) is 3.58. The van der Waals surface area contributed by atoms with Crippen molar-refractivity contribution in [1.82, 2.24) is 9.97 Å². The van der Waals surface area contributed by atoms with Gasteiger partial charge in [0, 0.05) is 0 Å². The molecular weight excluding hydrogens is 218 g/mol. The van der Waals surface area contributed by atoms with Crippen molar-refractivity contribution in [1.29, 1.82) is 0 Å². The van der Waals surface area contributed by atoms with Gasteiger partial charge in [0.05, 0.1) is 18.1 Å². The standard InChI is InChI=1S/C12H13N3O2/c1-2-8-3-4-10(9(13)5-8)17-12-6-11(16)14-7-15-12/h3-7H,2,13H2,1H3,(H,14,15,16). The van der Waals surface area contributed by atoms with Crippen LogP contribution in [0.2, 0.25) is 0 Å². The monoisotopic (exact) mass is 231 g/mol. The van der Waals surface area contributed by atoms with Crippen LogP contribution in [0.1, 0.15) is 12.5 Å². The fourth-order valence-electron chi connectivity index (χ4n) is 1.43. The van der Waals surface area contributed by atoms with E-state index < -0.39 is 0 Å². The Morgan fingerprint density at radius 3 is 2.88 bits per heavy atom. The van der Waals surface area contributed by atoms with E-state index in [1.165, 1.54) is 12.4 Å². The zero-order chi connectivity index (χ0) is 12.3. The third kappa shape index (κ3) is 2.63. The number of benzene rings is 1. The summed E-state index contributed by atoms with van der Waals surface area (Å²) in [5.74, 6) is 0.727. The molecule has 5 nitrogen and oxygen atoms in total. The number of rotatable bonds is 3. The van der Waals surface area contributed by atoms with Crippen molar-refractivity contribution in [2.75, 3.05) is 5.73 Å². The Morgan fingerprint density at radius 1 is 1.41 bits per heavy atom. The van der Waals surface area contributed by atoms with Gasteiger partial charge in [-0.15, -0.1) is 0 Å². The molecule has 0 amide bonds. The zero-order valence-corrected chi connectivity index (χ0v) is 9.43. The van der Waals surface area contributed by atoms with Crippen molar-refractivity contribution >= 4 is 5.69 Å². The fourth-order valence-corrected chi connectivity index (χ4v) is 1.43. The minimum Gasteiger partial charge on any atom is -0.437 e. The van der Waals surface area contributed by atoms with E-state index >= 15 is 0 Å². The molecule has 0 aliphatic rings. The van der Waals surface area contributed by atoms with Crippen LogP contribution in [0.25, 0.3) is 0 Å². The van der Waals surface area contributed by atoms with E-state index in [0.29, 0.717) is 11.4 Å². The van der Waals surface area contributed by atoms with Crippen molar-refractivity contribution < 1.29 is 4.74 Å². The van der Waals surface area contributed by atoms with Gasteiger partial charge in [0.2, 0.25) is 5.88 Å². The molecule has 3 N–H and O–H groups in total. The molecule has 1 heterocycles. The zero-order valence-electron chi connectivity index (χ0n) is 9.43. The molecule has 2 rings (SSSR count). The van der Waals surface area contributed by atoms with E-state index in [1.807, 2.05) is 19.1 Å². The van der Waals surface area contributed by atoms with Crippen molar-refractivity contribution in [2.24, 2.45) is 0 Å². The van der Waals surface area contributed by atoms with Crippen LogP contribution >= 0.6 is 0 Å². The largest absolute Gasteiger partial charge is 0.437 e. The minimum atomic E-state index is -0.265. The molecule has 5 heteroatoms. The van der Waals surface area contributed by atoms with Crippen LogP contribution in [-0.4, -0.2) is 9.97 Å². The molecule has 0 aliphatic carbocycles. The molecule has 1 aromatic carbocycles. The Hall–Kier alpha value is -2.30. The minimum absolute atomic E-state index is 0.227. The summed E-state index contributed by atoms with van der Waals surface area (Å²) in [6, 6.07) is 6.82. The predicted molar refractivity (Wildman–Crippen MR) is 65.2 cm³/mol. The number of aromatic nitrogens is 2. The van der Waals surface area contributed by atoms with E-state index in [2.05, 4.69) is 9.97 Å². The van der Waals surface area contributed by atoms with Gasteiger partial charge in [0.1, 0.15) is 0 Å². The lowest BCUT2D eigenvalue weighted by Gasteiger charge is -2.08. The Kier molecular flexibility index (Phi) is 3.09. The Morgan fingerprint density at radius 2 is 2.24 bits per heavy atom. The first-order valence-electron chi connectivity index (χ1n) is 5.30. The van der Waals surface area contributed by atoms with Gasteiger partial charge in [-0.2, -0.15) is 0 Å². The maximum Gasteiger partial charge on any atom is 0.254 e. The molecule has 1 aromatic heterocycles. The number of nitrogens with one attached hydrogen (secondary N) is 1. The molecule has 0 unspecified atom stereocenters. The number of nitrogen functional groups attached to an aromatic ring is 1. The Balaban J connectivity index is 2.27. The van der Waals surface area contributed by atoms with Gasteiger partial charge in [-0.3, -0.25) is 4.79 Å². The molecule has 17 heavy (non-hydrogen) atoms. The summed E-state index contributed by atoms with van der Waals surface area (Å²) in [5, 5.41) is 0. The van der Waals surface area contributed by atoms with Gasteiger partial charge in [-0.05, 0) is 24.1 Å². The second kappa shape index (κ2) is 4.69. The van der Waals surface area contributed by atoms with Crippen LogP contribution in [0, 0.1) is 0 Å². The van der Waals surface area contributed by atoms with Crippen LogP contribution in [-0.2, 0) is 6.42 Å². The van der Waals surface area contributed by atoms with Crippen LogP contribution in [0.3, 0.4) is 0 Å². The van der Waals surface area contributed by atoms with Crippen molar-refractivity contribution in [3.63, 3.8) is 0 Å². The molecule has 0 atom stereocenters. The predicted octanol–water partition coefficient (Wildman–Crippen LogP) is 1.71. The normalized spacial score (nSPS) is 10.2. The quantitative estimate of drug-likeness (QED) is 0.788. The molecule has 0 fully saturated rings. The Bertz CT molecular complexity index is 578. The summed E-state index contributed by atoms with van der Waals surface area (Å²) >= 11 is 0. The summed E-state index contributed by atoms with van der Waals surface area (Å²) in [4.78, 5) is 17.4.